The van der Waals surface area contributed by atoms with Crippen molar-refractivity contribution in [2.45, 2.75) is 44.6 Å². The monoisotopic (exact) mass is 284 g/mol. The van der Waals surface area contributed by atoms with Crippen molar-refractivity contribution in [1.82, 2.24) is 4.90 Å². The van der Waals surface area contributed by atoms with Crippen LogP contribution >= 0.6 is 0 Å². The van der Waals surface area contributed by atoms with Gasteiger partial charge in [0.05, 0.1) is 0 Å². The summed E-state index contributed by atoms with van der Waals surface area (Å²) in [5, 5.41) is 0. The lowest BCUT2D eigenvalue weighted by molar-refractivity contribution is 0.240. The average molecular weight is 284 g/mol. The maximum atomic E-state index is 5.99. The third kappa shape index (κ3) is 4.18. The van der Waals surface area contributed by atoms with E-state index in [4.69, 9.17) is 5.73 Å². The maximum Gasteiger partial charge on any atom is 0.0169 e. The second-order valence-electron chi connectivity index (χ2n) is 6.72. The summed E-state index contributed by atoms with van der Waals surface area (Å²) in [5.41, 5.74) is 8.91. The number of benzene rings is 1. The Labute approximate surface area is 129 Å². The Balaban J connectivity index is 1.44. The van der Waals surface area contributed by atoms with Gasteiger partial charge in [-0.05, 0) is 62.1 Å². The summed E-state index contributed by atoms with van der Waals surface area (Å²) in [4.78, 5) is 2.61. The minimum absolute atomic E-state index is 0.479. The first-order valence-corrected chi connectivity index (χ1v) is 8.53. The standard InChI is InChI=1S/C19H28N2/c20-19-8-6-16(7-9-19)10-13-21-14-11-18(12-15-21)17-4-2-1-3-5-17/h1-5,11,16,19H,6-10,12-15,20H2. The highest BCUT2D eigenvalue weighted by Crippen LogP contribution is 2.27. The normalized spacial score (nSPS) is 27.4. The van der Waals surface area contributed by atoms with Gasteiger partial charge in [-0.3, -0.25) is 4.90 Å². The zero-order valence-electron chi connectivity index (χ0n) is 13.0. The first-order valence-electron chi connectivity index (χ1n) is 8.53. The smallest absolute Gasteiger partial charge is 0.0169 e. The number of hydrogen-bond acceptors (Lipinski definition) is 2. The fraction of sp³-hybridized carbons (Fsp3) is 0.579. The maximum absolute atomic E-state index is 5.99. The van der Waals surface area contributed by atoms with E-state index in [0.29, 0.717) is 6.04 Å². The van der Waals surface area contributed by atoms with Crippen LogP contribution in [0.3, 0.4) is 0 Å². The van der Waals surface area contributed by atoms with Gasteiger partial charge in [0.25, 0.3) is 0 Å². The number of hydrogen-bond donors (Lipinski definition) is 1. The van der Waals surface area contributed by atoms with Crippen LogP contribution in [0.5, 0.6) is 0 Å². The molecule has 0 aromatic heterocycles. The molecule has 1 heterocycles. The first-order chi connectivity index (χ1) is 10.3. The number of nitrogens with two attached hydrogens (primary N) is 1. The predicted molar refractivity (Wildman–Crippen MR) is 90.0 cm³/mol. The van der Waals surface area contributed by atoms with Crippen LogP contribution in [0.25, 0.3) is 5.57 Å². The molecule has 2 heteroatoms. The molecular formula is C19H28N2. The molecule has 0 atom stereocenters. The third-order valence-electron chi connectivity index (χ3n) is 5.18. The van der Waals surface area contributed by atoms with Gasteiger partial charge >= 0.3 is 0 Å². The highest BCUT2D eigenvalue weighted by atomic mass is 15.1. The SMILES string of the molecule is NC1CCC(CCN2CC=C(c3ccccc3)CC2)CC1. The van der Waals surface area contributed by atoms with Gasteiger partial charge in [0.1, 0.15) is 0 Å². The number of rotatable bonds is 4. The van der Waals surface area contributed by atoms with Crippen LogP contribution in [0.1, 0.15) is 44.1 Å². The zero-order valence-corrected chi connectivity index (χ0v) is 13.0. The molecule has 0 radical (unpaired) electrons. The molecule has 1 aliphatic heterocycles. The molecule has 0 spiro atoms. The van der Waals surface area contributed by atoms with Crippen LogP contribution in [0.4, 0.5) is 0 Å². The molecule has 1 fully saturated rings. The lowest BCUT2D eigenvalue weighted by Gasteiger charge is -2.30. The molecule has 21 heavy (non-hydrogen) atoms. The van der Waals surface area contributed by atoms with Crippen LogP contribution < -0.4 is 5.73 Å². The van der Waals surface area contributed by atoms with Gasteiger partial charge in [-0.25, -0.2) is 0 Å². The zero-order chi connectivity index (χ0) is 14.5. The van der Waals surface area contributed by atoms with E-state index >= 15 is 0 Å². The lowest BCUT2D eigenvalue weighted by atomic mass is 9.84. The van der Waals surface area contributed by atoms with Crippen molar-refractivity contribution >= 4 is 5.57 Å². The molecule has 0 saturated heterocycles. The first kappa shape index (κ1) is 14.8. The Kier molecular flexibility index (Phi) is 5.10. The van der Waals surface area contributed by atoms with Crippen LogP contribution in [0.15, 0.2) is 36.4 Å². The topological polar surface area (TPSA) is 29.3 Å². The third-order valence-corrected chi connectivity index (χ3v) is 5.18. The predicted octanol–water partition coefficient (Wildman–Crippen LogP) is 3.68. The summed E-state index contributed by atoms with van der Waals surface area (Å²) in [6.45, 7) is 3.60. The minimum atomic E-state index is 0.479. The second kappa shape index (κ2) is 7.24. The quantitative estimate of drug-likeness (QED) is 0.914. The Morgan fingerprint density at radius 1 is 1.05 bits per heavy atom. The summed E-state index contributed by atoms with van der Waals surface area (Å²) < 4.78 is 0. The van der Waals surface area contributed by atoms with E-state index in [2.05, 4.69) is 41.3 Å². The van der Waals surface area contributed by atoms with E-state index in [1.165, 1.54) is 62.8 Å². The fourth-order valence-corrected chi connectivity index (χ4v) is 3.67. The summed E-state index contributed by atoms with van der Waals surface area (Å²) in [6.07, 6.45) is 10.2. The van der Waals surface area contributed by atoms with Crippen molar-refractivity contribution in [3.63, 3.8) is 0 Å². The summed E-state index contributed by atoms with van der Waals surface area (Å²) >= 11 is 0. The Hall–Kier alpha value is -1.12. The molecule has 0 unspecified atom stereocenters. The molecular weight excluding hydrogens is 256 g/mol. The van der Waals surface area contributed by atoms with Gasteiger partial charge in [-0.1, -0.05) is 36.4 Å². The Morgan fingerprint density at radius 2 is 1.81 bits per heavy atom. The largest absolute Gasteiger partial charge is 0.328 e. The van der Waals surface area contributed by atoms with E-state index in [9.17, 15) is 0 Å². The highest BCUT2D eigenvalue weighted by Gasteiger charge is 2.20. The van der Waals surface area contributed by atoms with Gasteiger partial charge in [0.2, 0.25) is 0 Å². The lowest BCUT2D eigenvalue weighted by Crippen LogP contribution is -2.32. The van der Waals surface area contributed by atoms with Crippen molar-refractivity contribution < 1.29 is 0 Å². The van der Waals surface area contributed by atoms with Crippen molar-refractivity contribution in [1.29, 1.82) is 0 Å². The van der Waals surface area contributed by atoms with Crippen LogP contribution in [0, 0.1) is 5.92 Å². The molecule has 1 aliphatic carbocycles. The summed E-state index contributed by atoms with van der Waals surface area (Å²) in [5.74, 6) is 0.921. The van der Waals surface area contributed by atoms with Gasteiger partial charge in [-0.15, -0.1) is 0 Å². The van der Waals surface area contributed by atoms with Gasteiger partial charge < -0.3 is 5.73 Å². The van der Waals surface area contributed by atoms with Crippen molar-refractivity contribution in [2.75, 3.05) is 19.6 Å². The van der Waals surface area contributed by atoms with Crippen LogP contribution in [0.2, 0.25) is 0 Å². The fourth-order valence-electron chi connectivity index (χ4n) is 3.67. The van der Waals surface area contributed by atoms with Gasteiger partial charge in [0, 0.05) is 19.1 Å². The molecule has 114 valence electrons. The van der Waals surface area contributed by atoms with Gasteiger partial charge in [0.15, 0.2) is 0 Å². The molecule has 1 aromatic rings. The van der Waals surface area contributed by atoms with Crippen molar-refractivity contribution in [2.24, 2.45) is 11.7 Å². The van der Waals surface area contributed by atoms with Crippen molar-refractivity contribution in [3.8, 4) is 0 Å². The van der Waals surface area contributed by atoms with E-state index in [0.717, 1.165) is 12.5 Å². The molecule has 1 aromatic carbocycles. The number of nitrogens with zero attached hydrogens (tertiary/aromatic N) is 1. The Morgan fingerprint density at radius 3 is 2.48 bits per heavy atom. The molecule has 1 saturated carbocycles. The van der Waals surface area contributed by atoms with E-state index in [-0.39, 0.29) is 0 Å². The van der Waals surface area contributed by atoms with Crippen LogP contribution in [-0.4, -0.2) is 30.6 Å². The molecule has 0 amide bonds. The molecule has 0 bridgehead atoms. The summed E-state index contributed by atoms with van der Waals surface area (Å²) in [6, 6.07) is 11.3. The summed E-state index contributed by atoms with van der Waals surface area (Å²) in [7, 11) is 0. The van der Waals surface area contributed by atoms with Crippen LogP contribution in [-0.2, 0) is 0 Å². The van der Waals surface area contributed by atoms with Gasteiger partial charge in [-0.2, -0.15) is 0 Å². The molecule has 3 rings (SSSR count). The highest BCUT2D eigenvalue weighted by molar-refractivity contribution is 5.66. The Bertz CT molecular complexity index is 458. The molecule has 2 nitrogen and oxygen atoms in total. The molecule has 2 N–H and O–H groups in total. The second-order valence-corrected chi connectivity index (χ2v) is 6.72. The average Bonchev–Trinajstić information content (AvgIpc) is 2.56. The van der Waals surface area contributed by atoms with Crippen molar-refractivity contribution in [3.05, 3.63) is 42.0 Å². The minimum Gasteiger partial charge on any atom is -0.328 e. The van der Waals surface area contributed by atoms with E-state index in [1.54, 1.807) is 0 Å². The van der Waals surface area contributed by atoms with E-state index in [1.807, 2.05) is 0 Å². The molecule has 2 aliphatic rings. The van der Waals surface area contributed by atoms with E-state index < -0.39 is 0 Å².